The maximum atomic E-state index is 12.4. The van der Waals surface area contributed by atoms with Crippen molar-refractivity contribution in [3.8, 4) is 10.4 Å². The Bertz CT molecular complexity index is 1000. The van der Waals surface area contributed by atoms with E-state index in [1.807, 2.05) is 6.07 Å². The minimum Gasteiger partial charge on any atom is -0.356 e. The lowest BCUT2D eigenvalue weighted by atomic mass is 10.0. The molecule has 30 heavy (non-hydrogen) atoms. The second-order valence-electron chi connectivity index (χ2n) is 8.58. The van der Waals surface area contributed by atoms with E-state index in [-0.39, 0.29) is 11.9 Å². The van der Waals surface area contributed by atoms with Gasteiger partial charge in [0.15, 0.2) is 0 Å². The SMILES string of the molecule is O=C(CC1CCCC1)NC1CCN(c2ncnc3sc(-c4ccccc4)cc23)CC1. The number of hydrogen-bond acceptors (Lipinski definition) is 5. The van der Waals surface area contributed by atoms with E-state index in [0.717, 1.165) is 42.0 Å². The molecule has 2 aliphatic rings. The molecule has 5 nitrogen and oxygen atoms in total. The van der Waals surface area contributed by atoms with Crippen molar-refractivity contribution in [2.24, 2.45) is 5.92 Å². The first-order valence-corrected chi connectivity index (χ1v) is 11.9. The summed E-state index contributed by atoms with van der Waals surface area (Å²) in [4.78, 5) is 26.1. The summed E-state index contributed by atoms with van der Waals surface area (Å²) in [6.45, 7) is 1.83. The Morgan fingerprint density at radius 1 is 1.07 bits per heavy atom. The molecule has 156 valence electrons. The van der Waals surface area contributed by atoms with E-state index in [9.17, 15) is 4.79 Å². The Kier molecular flexibility index (Phi) is 5.67. The van der Waals surface area contributed by atoms with E-state index in [2.05, 4.69) is 50.5 Å². The molecule has 1 amide bonds. The van der Waals surface area contributed by atoms with E-state index in [1.165, 1.54) is 36.1 Å². The molecule has 0 atom stereocenters. The molecule has 5 rings (SSSR count). The third kappa shape index (κ3) is 4.19. The largest absolute Gasteiger partial charge is 0.356 e. The number of benzene rings is 1. The molecule has 0 bridgehead atoms. The van der Waals surface area contributed by atoms with Crippen molar-refractivity contribution in [3.05, 3.63) is 42.7 Å². The van der Waals surface area contributed by atoms with Gasteiger partial charge in [-0.15, -0.1) is 11.3 Å². The van der Waals surface area contributed by atoms with Crippen molar-refractivity contribution in [2.45, 2.75) is 51.0 Å². The molecule has 2 fully saturated rings. The van der Waals surface area contributed by atoms with Crippen LogP contribution in [0.3, 0.4) is 0 Å². The summed E-state index contributed by atoms with van der Waals surface area (Å²) in [5.41, 5.74) is 1.22. The molecule has 1 aliphatic heterocycles. The monoisotopic (exact) mass is 420 g/mol. The Morgan fingerprint density at radius 2 is 1.83 bits per heavy atom. The number of rotatable bonds is 5. The molecule has 0 unspecified atom stereocenters. The first-order chi connectivity index (χ1) is 14.8. The highest BCUT2D eigenvalue weighted by Gasteiger charge is 2.25. The molecule has 6 heteroatoms. The lowest BCUT2D eigenvalue weighted by molar-refractivity contribution is -0.122. The number of carbonyl (C=O) groups is 1. The highest BCUT2D eigenvalue weighted by atomic mass is 32.1. The van der Waals surface area contributed by atoms with Crippen molar-refractivity contribution in [1.29, 1.82) is 0 Å². The standard InChI is InChI=1S/C24H28N4OS/c29-22(14-17-6-4-5-7-17)27-19-10-12-28(13-11-19)23-20-15-21(18-8-2-1-3-9-18)30-24(20)26-16-25-23/h1-3,8-9,15-17,19H,4-7,10-14H2,(H,27,29). The topological polar surface area (TPSA) is 58.1 Å². The minimum absolute atomic E-state index is 0.245. The number of aromatic nitrogens is 2. The summed E-state index contributed by atoms with van der Waals surface area (Å²) in [5, 5.41) is 4.41. The van der Waals surface area contributed by atoms with Gasteiger partial charge >= 0.3 is 0 Å². The fourth-order valence-electron chi connectivity index (χ4n) is 4.84. The van der Waals surface area contributed by atoms with Crippen molar-refractivity contribution >= 4 is 33.3 Å². The summed E-state index contributed by atoms with van der Waals surface area (Å²) in [5.74, 6) is 1.88. The number of nitrogens with one attached hydrogen (secondary N) is 1. The van der Waals surface area contributed by atoms with Gasteiger partial charge in [0, 0.05) is 30.4 Å². The summed E-state index contributed by atoms with van der Waals surface area (Å²) in [6, 6.07) is 13.0. The van der Waals surface area contributed by atoms with E-state index in [0.29, 0.717) is 12.3 Å². The van der Waals surface area contributed by atoms with Crippen LogP contribution < -0.4 is 10.2 Å². The molecule has 1 saturated carbocycles. The maximum Gasteiger partial charge on any atom is 0.220 e. The fourth-order valence-corrected chi connectivity index (χ4v) is 5.84. The quantitative estimate of drug-likeness (QED) is 0.629. The first kappa shape index (κ1) is 19.5. The summed E-state index contributed by atoms with van der Waals surface area (Å²) >= 11 is 1.72. The van der Waals surface area contributed by atoms with Crippen LogP contribution in [0.4, 0.5) is 5.82 Å². The average molecular weight is 421 g/mol. The molecule has 1 aromatic carbocycles. The van der Waals surface area contributed by atoms with Crippen molar-refractivity contribution < 1.29 is 4.79 Å². The van der Waals surface area contributed by atoms with Gasteiger partial charge in [-0.2, -0.15) is 0 Å². The zero-order valence-electron chi connectivity index (χ0n) is 17.2. The van der Waals surface area contributed by atoms with Crippen LogP contribution in [0.15, 0.2) is 42.7 Å². The molecule has 0 spiro atoms. The zero-order chi connectivity index (χ0) is 20.3. The van der Waals surface area contributed by atoms with Crippen LogP contribution in [-0.4, -0.2) is 35.0 Å². The van der Waals surface area contributed by atoms with Gasteiger partial charge in [-0.05, 0) is 43.2 Å². The smallest absolute Gasteiger partial charge is 0.220 e. The van der Waals surface area contributed by atoms with Crippen LogP contribution in [0.5, 0.6) is 0 Å². The number of carbonyl (C=O) groups excluding carboxylic acids is 1. The molecule has 3 heterocycles. The lowest BCUT2D eigenvalue weighted by Gasteiger charge is -2.33. The van der Waals surface area contributed by atoms with Gasteiger partial charge in [0.1, 0.15) is 17.0 Å². The number of anilines is 1. The van der Waals surface area contributed by atoms with E-state index in [4.69, 9.17) is 0 Å². The number of hydrogen-bond donors (Lipinski definition) is 1. The molecule has 1 N–H and O–H groups in total. The van der Waals surface area contributed by atoms with E-state index in [1.54, 1.807) is 17.7 Å². The fraction of sp³-hybridized carbons (Fsp3) is 0.458. The normalized spacial score (nSPS) is 18.2. The predicted molar refractivity (Wildman–Crippen MR) is 123 cm³/mol. The number of fused-ring (bicyclic) bond motifs is 1. The van der Waals surface area contributed by atoms with Gasteiger partial charge in [-0.25, -0.2) is 9.97 Å². The molecule has 3 aromatic rings. The zero-order valence-corrected chi connectivity index (χ0v) is 18.0. The van der Waals surface area contributed by atoms with Crippen LogP contribution >= 0.6 is 11.3 Å². The Hall–Kier alpha value is -2.47. The molecular formula is C24H28N4OS. The second kappa shape index (κ2) is 8.72. The molecule has 0 radical (unpaired) electrons. The minimum atomic E-state index is 0.245. The lowest BCUT2D eigenvalue weighted by Crippen LogP contribution is -2.45. The number of piperidine rings is 1. The molecule has 1 aliphatic carbocycles. The van der Waals surface area contributed by atoms with Gasteiger partial charge in [0.05, 0.1) is 5.39 Å². The van der Waals surface area contributed by atoms with Crippen molar-refractivity contribution in [3.63, 3.8) is 0 Å². The summed E-state index contributed by atoms with van der Waals surface area (Å²) in [7, 11) is 0. The van der Waals surface area contributed by atoms with Gasteiger partial charge in [-0.3, -0.25) is 4.79 Å². The third-order valence-electron chi connectivity index (χ3n) is 6.48. The summed E-state index contributed by atoms with van der Waals surface area (Å²) < 4.78 is 0. The molecular weight excluding hydrogens is 392 g/mol. The van der Waals surface area contributed by atoms with Crippen LogP contribution in [0.1, 0.15) is 44.9 Å². The Labute approximate surface area is 181 Å². The van der Waals surface area contributed by atoms with Crippen molar-refractivity contribution in [2.75, 3.05) is 18.0 Å². The Morgan fingerprint density at radius 3 is 2.60 bits per heavy atom. The van der Waals surface area contributed by atoms with Crippen LogP contribution in [0, 0.1) is 5.92 Å². The second-order valence-corrected chi connectivity index (χ2v) is 9.61. The van der Waals surface area contributed by atoms with Crippen LogP contribution in [0.25, 0.3) is 20.7 Å². The number of nitrogens with zero attached hydrogens (tertiary/aromatic N) is 3. The third-order valence-corrected chi connectivity index (χ3v) is 7.57. The van der Waals surface area contributed by atoms with Crippen LogP contribution in [0.2, 0.25) is 0 Å². The first-order valence-electron chi connectivity index (χ1n) is 11.1. The van der Waals surface area contributed by atoms with Crippen LogP contribution in [-0.2, 0) is 4.79 Å². The van der Waals surface area contributed by atoms with Gasteiger partial charge < -0.3 is 10.2 Å². The molecule has 1 saturated heterocycles. The average Bonchev–Trinajstić information content (AvgIpc) is 3.44. The highest BCUT2D eigenvalue weighted by Crippen LogP contribution is 2.36. The molecule has 2 aromatic heterocycles. The van der Waals surface area contributed by atoms with Crippen molar-refractivity contribution in [1.82, 2.24) is 15.3 Å². The van der Waals surface area contributed by atoms with E-state index >= 15 is 0 Å². The highest BCUT2D eigenvalue weighted by molar-refractivity contribution is 7.21. The van der Waals surface area contributed by atoms with Gasteiger partial charge in [0.25, 0.3) is 0 Å². The Balaban J connectivity index is 1.24. The van der Waals surface area contributed by atoms with Gasteiger partial charge in [-0.1, -0.05) is 43.2 Å². The summed E-state index contributed by atoms with van der Waals surface area (Å²) in [6.07, 6.45) is 9.36. The number of thiophene rings is 1. The maximum absolute atomic E-state index is 12.4. The van der Waals surface area contributed by atoms with E-state index < -0.39 is 0 Å². The van der Waals surface area contributed by atoms with Gasteiger partial charge in [0.2, 0.25) is 5.91 Å². The predicted octanol–water partition coefficient (Wildman–Crippen LogP) is 5.02. The number of amides is 1.